The first-order valence-electron chi connectivity index (χ1n) is 7.30. The van der Waals surface area contributed by atoms with E-state index < -0.39 is 0 Å². The molecule has 0 bridgehead atoms. The summed E-state index contributed by atoms with van der Waals surface area (Å²) >= 11 is 3.55. The Morgan fingerprint density at radius 1 is 1.29 bits per heavy atom. The van der Waals surface area contributed by atoms with Gasteiger partial charge in [0.2, 0.25) is 5.91 Å². The van der Waals surface area contributed by atoms with E-state index in [9.17, 15) is 4.79 Å². The molecule has 2 unspecified atom stereocenters. The minimum atomic E-state index is -0.0441. The summed E-state index contributed by atoms with van der Waals surface area (Å²) in [6.45, 7) is 2.74. The van der Waals surface area contributed by atoms with Crippen LogP contribution in [0.5, 0.6) is 0 Å². The lowest BCUT2D eigenvalue weighted by atomic mass is 9.98. The number of amides is 1. The minimum Gasteiger partial charge on any atom is -0.377 e. The first-order valence-corrected chi connectivity index (χ1v) is 8.09. The summed E-state index contributed by atoms with van der Waals surface area (Å²) in [5.74, 6) is 0.0178. The number of rotatable bonds is 3. The molecule has 0 aliphatic carbocycles. The number of halogens is 1. The number of carbonyl (C=O) groups excluding carboxylic acids is 1. The normalized spacial score (nSPS) is 21.6. The molecule has 0 spiro atoms. The van der Waals surface area contributed by atoms with Gasteiger partial charge in [0, 0.05) is 22.2 Å². The van der Waals surface area contributed by atoms with Crippen LogP contribution in [0.1, 0.15) is 19.8 Å². The van der Waals surface area contributed by atoms with Crippen LogP contribution >= 0.6 is 15.9 Å². The Morgan fingerprint density at radius 2 is 2.05 bits per heavy atom. The fraction of sp³-hybridized carbons (Fsp3) is 0.353. The quantitative estimate of drug-likeness (QED) is 0.895. The van der Waals surface area contributed by atoms with Gasteiger partial charge in [-0.2, -0.15) is 0 Å². The van der Waals surface area contributed by atoms with Gasteiger partial charge >= 0.3 is 0 Å². The van der Waals surface area contributed by atoms with Crippen molar-refractivity contribution in [1.82, 2.24) is 0 Å². The van der Waals surface area contributed by atoms with Crippen LogP contribution < -0.4 is 5.32 Å². The van der Waals surface area contributed by atoms with E-state index in [4.69, 9.17) is 4.74 Å². The lowest BCUT2D eigenvalue weighted by Gasteiger charge is -2.17. The highest BCUT2D eigenvalue weighted by molar-refractivity contribution is 9.10. The fourth-order valence-electron chi connectivity index (χ4n) is 2.95. The summed E-state index contributed by atoms with van der Waals surface area (Å²) in [6.07, 6.45) is 1.73. The van der Waals surface area contributed by atoms with Crippen molar-refractivity contribution in [2.45, 2.75) is 25.9 Å². The van der Waals surface area contributed by atoms with Gasteiger partial charge in [-0.3, -0.25) is 4.79 Å². The Hall–Kier alpha value is -1.39. The van der Waals surface area contributed by atoms with Gasteiger partial charge in [0.05, 0.1) is 12.0 Å². The van der Waals surface area contributed by atoms with Crippen molar-refractivity contribution in [2.75, 3.05) is 11.9 Å². The van der Waals surface area contributed by atoms with E-state index in [1.54, 1.807) is 0 Å². The molecule has 0 radical (unpaired) electrons. The highest BCUT2D eigenvalue weighted by atomic mass is 79.9. The monoisotopic (exact) mass is 347 g/mol. The van der Waals surface area contributed by atoms with Crippen molar-refractivity contribution in [1.29, 1.82) is 0 Å². The number of benzene rings is 2. The van der Waals surface area contributed by atoms with E-state index in [2.05, 4.69) is 28.2 Å². The molecule has 1 aliphatic rings. The Balaban J connectivity index is 1.88. The van der Waals surface area contributed by atoms with E-state index in [0.29, 0.717) is 6.61 Å². The smallest absolute Gasteiger partial charge is 0.230 e. The maximum absolute atomic E-state index is 12.5. The summed E-state index contributed by atoms with van der Waals surface area (Å²) in [5, 5.41) is 5.23. The van der Waals surface area contributed by atoms with Crippen LogP contribution in [0.3, 0.4) is 0 Å². The Morgan fingerprint density at radius 3 is 2.81 bits per heavy atom. The summed E-state index contributed by atoms with van der Waals surface area (Å²) < 4.78 is 6.65. The maximum Gasteiger partial charge on any atom is 0.230 e. The molecule has 1 heterocycles. The third-order valence-electron chi connectivity index (χ3n) is 4.08. The standard InChI is InChI=1S/C17H18BrNO2/c1-2-16-13(9-10-21-16)17(20)19-15-8-7-14(18)11-5-3-4-6-12(11)15/h3-8,13,16H,2,9-10H2,1H3,(H,19,20). The molecule has 21 heavy (non-hydrogen) atoms. The number of fused-ring (bicyclic) bond motifs is 1. The molecule has 2 atom stereocenters. The molecular weight excluding hydrogens is 330 g/mol. The molecule has 4 heteroatoms. The molecule has 0 saturated carbocycles. The highest BCUT2D eigenvalue weighted by Gasteiger charge is 2.32. The topological polar surface area (TPSA) is 38.3 Å². The zero-order chi connectivity index (χ0) is 14.8. The van der Waals surface area contributed by atoms with E-state index >= 15 is 0 Å². The van der Waals surface area contributed by atoms with Gasteiger partial charge in [-0.25, -0.2) is 0 Å². The molecule has 0 aromatic heterocycles. The van der Waals surface area contributed by atoms with Crippen LogP contribution in [0.15, 0.2) is 40.9 Å². The van der Waals surface area contributed by atoms with Crippen LogP contribution in [0.25, 0.3) is 10.8 Å². The van der Waals surface area contributed by atoms with Crippen molar-refractivity contribution in [3.05, 3.63) is 40.9 Å². The van der Waals surface area contributed by atoms with Crippen molar-refractivity contribution in [3.63, 3.8) is 0 Å². The summed E-state index contributed by atoms with van der Waals surface area (Å²) in [5.41, 5.74) is 0.862. The number of nitrogens with one attached hydrogen (secondary N) is 1. The van der Waals surface area contributed by atoms with Crippen molar-refractivity contribution in [2.24, 2.45) is 5.92 Å². The zero-order valence-electron chi connectivity index (χ0n) is 11.9. The van der Waals surface area contributed by atoms with Gasteiger partial charge < -0.3 is 10.1 Å². The second kappa shape index (κ2) is 6.16. The maximum atomic E-state index is 12.5. The average molecular weight is 348 g/mol. The lowest BCUT2D eigenvalue weighted by Crippen LogP contribution is -2.29. The van der Waals surface area contributed by atoms with E-state index in [-0.39, 0.29) is 17.9 Å². The van der Waals surface area contributed by atoms with Crippen LogP contribution in [0.4, 0.5) is 5.69 Å². The van der Waals surface area contributed by atoms with Crippen LogP contribution in [-0.4, -0.2) is 18.6 Å². The van der Waals surface area contributed by atoms with Gasteiger partial charge in [-0.15, -0.1) is 0 Å². The zero-order valence-corrected chi connectivity index (χ0v) is 13.5. The molecule has 1 saturated heterocycles. The van der Waals surface area contributed by atoms with E-state index in [1.807, 2.05) is 36.4 Å². The average Bonchev–Trinajstić information content (AvgIpc) is 2.99. The Labute approximate surface area is 132 Å². The number of carbonyl (C=O) groups is 1. The lowest BCUT2D eigenvalue weighted by molar-refractivity contribution is -0.121. The number of ether oxygens (including phenoxy) is 1. The third kappa shape index (κ3) is 2.83. The molecular formula is C17H18BrNO2. The van der Waals surface area contributed by atoms with Gasteiger partial charge in [-0.05, 0) is 30.4 Å². The predicted octanol–water partition coefficient (Wildman–Crippen LogP) is 4.36. The minimum absolute atomic E-state index is 0.0441. The Kier molecular flexibility index (Phi) is 4.27. The van der Waals surface area contributed by atoms with Gasteiger partial charge in [-0.1, -0.05) is 47.1 Å². The summed E-state index contributed by atoms with van der Waals surface area (Å²) in [6, 6.07) is 12.0. The second-order valence-electron chi connectivity index (χ2n) is 5.34. The second-order valence-corrected chi connectivity index (χ2v) is 6.20. The molecule has 1 fully saturated rings. The molecule has 2 aromatic carbocycles. The highest BCUT2D eigenvalue weighted by Crippen LogP contribution is 2.31. The van der Waals surface area contributed by atoms with Crippen LogP contribution in [0.2, 0.25) is 0 Å². The molecule has 1 aliphatic heterocycles. The van der Waals surface area contributed by atoms with Gasteiger partial charge in [0.15, 0.2) is 0 Å². The molecule has 3 rings (SSSR count). The molecule has 2 aromatic rings. The summed E-state index contributed by atoms with van der Waals surface area (Å²) in [4.78, 5) is 12.5. The SMILES string of the molecule is CCC1OCCC1C(=O)Nc1ccc(Br)c2ccccc12. The Bertz CT molecular complexity index is 671. The van der Waals surface area contributed by atoms with E-state index in [1.165, 1.54) is 0 Å². The van der Waals surface area contributed by atoms with Crippen molar-refractivity contribution in [3.8, 4) is 0 Å². The van der Waals surface area contributed by atoms with E-state index in [0.717, 1.165) is 33.8 Å². The first kappa shape index (κ1) is 14.5. The molecule has 3 nitrogen and oxygen atoms in total. The first-order chi connectivity index (χ1) is 10.2. The molecule has 1 amide bonds. The number of hydrogen-bond acceptors (Lipinski definition) is 2. The van der Waals surface area contributed by atoms with Crippen LogP contribution in [-0.2, 0) is 9.53 Å². The van der Waals surface area contributed by atoms with Gasteiger partial charge in [0.1, 0.15) is 0 Å². The number of anilines is 1. The molecule has 110 valence electrons. The molecule has 1 N–H and O–H groups in total. The fourth-order valence-corrected chi connectivity index (χ4v) is 3.43. The van der Waals surface area contributed by atoms with Gasteiger partial charge in [0.25, 0.3) is 0 Å². The third-order valence-corrected chi connectivity index (χ3v) is 4.77. The van der Waals surface area contributed by atoms with Crippen molar-refractivity contribution < 1.29 is 9.53 Å². The largest absolute Gasteiger partial charge is 0.377 e. The summed E-state index contributed by atoms with van der Waals surface area (Å²) in [7, 11) is 0. The van der Waals surface area contributed by atoms with Crippen LogP contribution in [0, 0.1) is 5.92 Å². The predicted molar refractivity (Wildman–Crippen MR) is 88.4 cm³/mol. The van der Waals surface area contributed by atoms with Crippen molar-refractivity contribution >= 4 is 38.3 Å². The number of hydrogen-bond donors (Lipinski definition) is 1.